The molecule has 0 aromatic carbocycles. The quantitative estimate of drug-likeness (QED) is 0.801. The van der Waals surface area contributed by atoms with E-state index in [9.17, 15) is 13.6 Å². The van der Waals surface area contributed by atoms with E-state index in [-0.39, 0.29) is 24.2 Å². The second-order valence-corrected chi connectivity index (χ2v) is 9.26. The minimum absolute atomic E-state index is 0.0553. The second kappa shape index (κ2) is 8.00. The number of piperidine rings is 1. The molecule has 30 heavy (non-hydrogen) atoms. The largest absolute Gasteiger partial charge is 0.444 e. The van der Waals surface area contributed by atoms with Crippen LogP contribution in [0.5, 0.6) is 0 Å². The predicted molar refractivity (Wildman–Crippen MR) is 109 cm³/mol. The molecule has 4 rings (SSSR count). The highest BCUT2D eigenvalue weighted by atomic mass is 19.1. The van der Waals surface area contributed by atoms with Gasteiger partial charge in [0.1, 0.15) is 17.3 Å². The number of carbonyl (C=O) groups excluding carboxylic acids is 1. The fourth-order valence-electron chi connectivity index (χ4n) is 4.28. The molecule has 2 aromatic heterocycles. The summed E-state index contributed by atoms with van der Waals surface area (Å²) in [6.07, 6.45) is 4.35. The first-order valence-corrected chi connectivity index (χ1v) is 10.6. The summed E-state index contributed by atoms with van der Waals surface area (Å²) < 4.78 is 36.0. The van der Waals surface area contributed by atoms with E-state index >= 15 is 0 Å². The maximum absolute atomic E-state index is 14.8. The van der Waals surface area contributed by atoms with E-state index in [0.717, 1.165) is 31.4 Å². The molecule has 2 fully saturated rings. The minimum Gasteiger partial charge on any atom is -0.444 e. The summed E-state index contributed by atoms with van der Waals surface area (Å²) in [5.41, 5.74) is 0.561. The number of nitrogens with zero attached hydrogens (tertiary/aromatic N) is 4. The van der Waals surface area contributed by atoms with E-state index < -0.39 is 23.9 Å². The zero-order chi connectivity index (χ0) is 21.5. The normalized spacial score (nSPS) is 23.2. The highest BCUT2D eigenvalue weighted by molar-refractivity contribution is 5.68. The molecule has 2 aliphatic rings. The Hall–Kier alpha value is -2.45. The zero-order valence-electron chi connectivity index (χ0n) is 17.7. The molecule has 1 N–H and O–H groups in total. The number of rotatable bonds is 3. The molecule has 0 spiro atoms. The van der Waals surface area contributed by atoms with Gasteiger partial charge < -0.3 is 15.0 Å². The van der Waals surface area contributed by atoms with E-state index in [1.165, 1.54) is 11.1 Å². The number of anilines is 1. The molecule has 7 nitrogen and oxygen atoms in total. The number of amides is 1. The van der Waals surface area contributed by atoms with Crippen LogP contribution in [0.15, 0.2) is 12.3 Å². The van der Waals surface area contributed by atoms with Gasteiger partial charge in [-0.25, -0.2) is 23.1 Å². The Labute approximate surface area is 174 Å². The maximum atomic E-state index is 14.8. The van der Waals surface area contributed by atoms with Crippen molar-refractivity contribution < 1.29 is 18.3 Å². The molecule has 0 radical (unpaired) electrons. The Morgan fingerprint density at radius 2 is 2.00 bits per heavy atom. The van der Waals surface area contributed by atoms with Crippen molar-refractivity contribution in [2.45, 2.75) is 76.6 Å². The molecular formula is C21H29F2N5O2. The van der Waals surface area contributed by atoms with E-state index in [0.29, 0.717) is 18.5 Å². The number of carbonyl (C=O) groups is 1. The molecule has 3 heterocycles. The number of aromatic nitrogens is 3. The third kappa shape index (κ3) is 4.34. The molecular weight excluding hydrogens is 392 g/mol. The summed E-state index contributed by atoms with van der Waals surface area (Å²) in [6.45, 7) is 5.66. The molecule has 0 unspecified atom stereocenters. The van der Waals surface area contributed by atoms with Crippen molar-refractivity contribution in [3.8, 4) is 0 Å². The summed E-state index contributed by atoms with van der Waals surface area (Å²) in [6, 6.07) is 1.01. The predicted octanol–water partition coefficient (Wildman–Crippen LogP) is 4.29. The van der Waals surface area contributed by atoms with Crippen LogP contribution in [0.1, 0.15) is 64.5 Å². The molecule has 164 valence electrons. The van der Waals surface area contributed by atoms with E-state index in [2.05, 4.69) is 15.4 Å². The van der Waals surface area contributed by atoms with Gasteiger partial charge in [-0.3, -0.25) is 0 Å². The molecule has 1 saturated heterocycles. The Bertz CT molecular complexity index is 920. The maximum Gasteiger partial charge on any atom is 0.410 e. The zero-order valence-corrected chi connectivity index (χ0v) is 17.7. The number of likely N-dealkylation sites (tertiary alicyclic amines) is 1. The van der Waals surface area contributed by atoms with Crippen molar-refractivity contribution in [1.82, 2.24) is 19.5 Å². The molecule has 2 atom stereocenters. The van der Waals surface area contributed by atoms with Gasteiger partial charge in [-0.2, -0.15) is 0 Å². The Kier molecular flexibility index (Phi) is 5.55. The first-order chi connectivity index (χ1) is 14.2. The number of nitrogens with one attached hydrogen (secondary N) is 1. The van der Waals surface area contributed by atoms with Crippen LogP contribution in [0.3, 0.4) is 0 Å². The van der Waals surface area contributed by atoms with Crippen LogP contribution in [0.4, 0.5) is 19.5 Å². The van der Waals surface area contributed by atoms with Crippen molar-refractivity contribution in [3.05, 3.63) is 23.8 Å². The van der Waals surface area contributed by atoms with Crippen LogP contribution in [0.2, 0.25) is 0 Å². The molecule has 9 heteroatoms. The van der Waals surface area contributed by atoms with Crippen molar-refractivity contribution in [2.75, 3.05) is 18.4 Å². The lowest BCUT2D eigenvalue weighted by Gasteiger charge is -2.35. The Morgan fingerprint density at radius 3 is 2.67 bits per heavy atom. The number of hydrogen-bond acceptors (Lipinski definition) is 5. The van der Waals surface area contributed by atoms with Crippen LogP contribution in [-0.2, 0) is 4.74 Å². The number of halogens is 2. The van der Waals surface area contributed by atoms with Gasteiger partial charge in [0.15, 0.2) is 5.82 Å². The number of fused-ring (bicyclic) bond motifs is 1. The fourth-order valence-corrected chi connectivity index (χ4v) is 4.28. The van der Waals surface area contributed by atoms with Gasteiger partial charge in [0.2, 0.25) is 5.95 Å². The van der Waals surface area contributed by atoms with E-state index in [1.54, 1.807) is 31.4 Å². The summed E-state index contributed by atoms with van der Waals surface area (Å²) >= 11 is 0. The molecule has 1 amide bonds. The first-order valence-electron chi connectivity index (χ1n) is 10.6. The molecule has 1 aliphatic carbocycles. The van der Waals surface area contributed by atoms with Crippen molar-refractivity contribution >= 4 is 17.6 Å². The SMILES string of the molecule is CC(C)(C)OC(=O)N1CC[C@@H](Nc2ncc3c(F)cc(C4CCCC4)n3n2)[C@H](F)C1. The number of ether oxygens (including phenoxy) is 1. The third-order valence-corrected chi connectivity index (χ3v) is 5.78. The lowest BCUT2D eigenvalue weighted by Crippen LogP contribution is -2.51. The average Bonchev–Trinajstić information content (AvgIpc) is 3.30. The van der Waals surface area contributed by atoms with Crippen LogP contribution < -0.4 is 5.32 Å². The lowest BCUT2D eigenvalue weighted by atomic mass is 10.0. The third-order valence-electron chi connectivity index (χ3n) is 5.78. The number of hydrogen-bond donors (Lipinski definition) is 1. The summed E-state index contributed by atoms with van der Waals surface area (Å²) in [5, 5.41) is 7.49. The average molecular weight is 421 g/mol. The Balaban J connectivity index is 1.45. The van der Waals surface area contributed by atoms with Crippen molar-refractivity contribution in [1.29, 1.82) is 0 Å². The van der Waals surface area contributed by atoms with E-state index in [4.69, 9.17) is 4.74 Å². The monoisotopic (exact) mass is 421 g/mol. The standard InChI is InChI=1S/C21H29F2N5O2/c1-21(2,3)30-20(29)27-9-8-16(15(23)12-27)25-19-24-11-18-14(22)10-17(28(18)26-19)13-6-4-5-7-13/h10-11,13,15-16H,4-9,12H2,1-3H3,(H,25,26)/t15-,16-/m1/s1. The van der Waals surface area contributed by atoms with Gasteiger partial charge in [-0.05, 0) is 46.1 Å². The summed E-state index contributed by atoms with van der Waals surface area (Å²) in [7, 11) is 0. The van der Waals surface area contributed by atoms with Gasteiger partial charge in [0, 0.05) is 18.2 Å². The number of alkyl halides is 1. The van der Waals surface area contributed by atoms with Crippen LogP contribution in [0, 0.1) is 5.82 Å². The van der Waals surface area contributed by atoms with Gasteiger partial charge in [-0.15, -0.1) is 5.10 Å². The molecule has 2 aromatic rings. The van der Waals surface area contributed by atoms with Gasteiger partial charge in [-0.1, -0.05) is 12.8 Å². The minimum atomic E-state index is -1.29. The molecule has 0 bridgehead atoms. The van der Waals surface area contributed by atoms with Crippen LogP contribution in [-0.4, -0.2) is 56.5 Å². The highest BCUT2D eigenvalue weighted by Crippen LogP contribution is 2.35. The summed E-state index contributed by atoms with van der Waals surface area (Å²) in [5.74, 6) is 0.212. The molecule has 1 aliphatic heterocycles. The fraction of sp³-hybridized carbons (Fsp3) is 0.667. The molecule has 1 saturated carbocycles. The van der Waals surface area contributed by atoms with Crippen LogP contribution in [0.25, 0.3) is 5.52 Å². The van der Waals surface area contributed by atoms with Crippen molar-refractivity contribution in [2.24, 2.45) is 0 Å². The van der Waals surface area contributed by atoms with Crippen molar-refractivity contribution in [3.63, 3.8) is 0 Å². The highest BCUT2D eigenvalue weighted by Gasteiger charge is 2.34. The second-order valence-electron chi connectivity index (χ2n) is 9.26. The smallest absolute Gasteiger partial charge is 0.410 e. The van der Waals surface area contributed by atoms with Gasteiger partial charge in [0.25, 0.3) is 0 Å². The van der Waals surface area contributed by atoms with Gasteiger partial charge >= 0.3 is 6.09 Å². The lowest BCUT2D eigenvalue weighted by molar-refractivity contribution is 0.0125. The van der Waals surface area contributed by atoms with Crippen LogP contribution >= 0.6 is 0 Å². The summed E-state index contributed by atoms with van der Waals surface area (Å²) in [4.78, 5) is 17.8. The topological polar surface area (TPSA) is 71.8 Å². The first kappa shape index (κ1) is 20.8. The van der Waals surface area contributed by atoms with Gasteiger partial charge in [0.05, 0.1) is 18.8 Å². The Morgan fingerprint density at radius 1 is 1.27 bits per heavy atom. The van der Waals surface area contributed by atoms with E-state index in [1.807, 2.05) is 0 Å².